The number of hydrogen-bond donors (Lipinski definition) is 1. The first kappa shape index (κ1) is 14.6. The fourth-order valence-corrected chi connectivity index (χ4v) is 1.78. The van der Waals surface area contributed by atoms with E-state index in [-0.39, 0.29) is 5.57 Å². The van der Waals surface area contributed by atoms with Crippen molar-refractivity contribution in [1.82, 2.24) is 0 Å². The van der Waals surface area contributed by atoms with Crippen molar-refractivity contribution in [1.29, 1.82) is 5.26 Å². The molecule has 1 N–H and O–H groups in total. The minimum atomic E-state index is -1.26. The van der Waals surface area contributed by atoms with Gasteiger partial charge in [-0.3, -0.25) is 0 Å². The van der Waals surface area contributed by atoms with Gasteiger partial charge in [-0.2, -0.15) is 5.26 Å². The third-order valence-electron chi connectivity index (χ3n) is 2.86. The zero-order valence-corrected chi connectivity index (χ0v) is 11.9. The Morgan fingerprint density at radius 2 is 1.86 bits per heavy atom. The van der Waals surface area contributed by atoms with Crippen LogP contribution in [0.2, 0.25) is 0 Å². The average molecular weight is 286 g/mol. The summed E-state index contributed by atoms with van der Waals surface area (Å²) < 4.78 is 9.96. The van der Waals surface area contributed by atoms with Gasteiger partial charge in [0.2, 0.25) is 0 Å². The van der Waals surface area contributed by atoms with Crippen molar-refractivity contribution in [3.8, 4) is 6.07 Å². The van der Waals surface area contributed by atoms with E-state index in [1.165, 1.54) is 20.0 Å². The molecule has 0 aliphatic carbocycles. The van der Waals surface area contributed by atoms with Crippen molar-refractivity contribution in [2.24, 2.45) is 0 Å². The molecule has 1 fully saturated rings. The van der Waals surface area contributed by atoms with Crippen molar-refractivity contribution in [3.63, 3.8) is 0 Å². The van der Waals surface area contributed by atoms with Crippen LogP contribution in [0.3, 0.4) is 0 Å². The van der Waals surface area contributed by atoms with Gasteiger partial charge in [-0.1, -0.05) is 6.07 Å². The molecule has 21 heavy (non-hydrogen) atoms. The van der Waals surface area contributed by atoms with Crippen LogP contribution in [0.4, 0.5) is 5.69 Å². The van der Waals surface area contributed by atoms with E-state index >= 15 is 0 Å². The van der Waals surface area contributed by atoms with E-state index in [2.05, 4.69) is 5.32 Å². The Balaban J connectivity index is 2.24. The predicted octanol–water partition coefficient (Wildman–Crippen LogP) is 2.00. The van der Waals surface area contributed by atoms with Crippen LogP contribution in [0.5, 0.6) is 0 Å². The Kier molecular flexibility index (Phi) is 3.68. The quantitative estimate of drug-likeness (QED) is 0.508. The smallest absolute Gasteiger partial charge is 0.350 e. The van der Waals surface area contributed by atoms with Crippen molar-refractivity contribution in [3.05, 3.63) is 41.1 Å². The molecule has 1 aliphatic rings. The Morgan fingerprint density at radius 3 is 2.43 bits per heavy atom. The van der Waals surface area contributed by atoms with Gasteiger partial charge in [-0.25, -0.2) is 9.59 Å². The highest BCUT2D eigenvalue weighted by Gasteiger charge is 2.38. The lowest BCUT2D eigenvalue weighted by molar-refractivity contribution is -0.222. The summed E-state index contributed by atoms with van der Waals surface area (Å²) in [5, 5.41) is 11.7. The van der Waals surface area contributed by atoms with Gasteiger partial charge in [0.25, 0.3) is 5.79 Å². The number of ether oxygens (including phenoxy) is 2. The molecule has 0 unspecified atom stereocenters. The fourth-order valence-electron chi connectivity index (χ4n) is 1.78. The van der Waals surface area contributed by atoms with Crippen LogP contribution in [0, 0.1) is 18.3 Å². The van der Waals surface area contributed by atoms with Crippen LogP contribution in [-0.4, -0.2) is 17.7 Å². The van der Waals surface area contributed by atoms with Crippen LogP contribution in [0.25, 0.3) is 0 Å². The summed E-state index contributed by atoms with van der Waals surface area (Å²) in [6, 6.07) is 7.08. The molecule has 1 saturated heterocycles. The Hall–Kier alpha value is -2.81. The highest BCUT2D eigenvalue weighted by atomic mass is 16.7. The molecular weight excluding hydrogens is 272 g/mol. The second kappa shape index (κ2) is 5.29. The van der Waals surface area contributed by atoms with E-state index in [0.29, 0.717) is 11.3 Å². The number of esters is 2. The highest BCUT2D eigenvalue weighted by Crippen LogP contribution is 2.23. The topological polar surface area (TPSA) is 88.4 Å². The van der Waals surface area contributed by atoms with Gasteiger partial charge in [0, 0.05) is 25.7 Å². The maximum Gasteiger partial charge on any atom is 0.350 e. The zero-order chi connectivity index (χ0) is 15.6. The van der Waals surface area contributed by atoms with Crippen LogP contribution < -0.4 is 5.32 Å². The maximum atomic E-state index is 11.8. The lowest BCUT2D eigenvalue weighted by Crippen LogP contribution is -2.42. The summed E-state index contributed by atoms with van der Waals surface area (Å²) in [7, 11) is 0. The van der Waals surface area contributed by atoms with Crippen LogP contribution in [0.1, 0.15) is 25.0 Å². The summed E-state index contributed by atoms with van der Waals surface area (Å²) in [5.74, 6) is -2.77. The highest BCUT2D eigenvalue weighted by molar-refractivity contribution is 6.15. The Labute approximate surface area is 122 Å². The van der Waals surface area contributed by atoms with E-state index in [1.54, 1.807) is 18.2 Å². The van der Waals surface area contributed by atoms with Crippen LogP contribution >= 0.6 is 0 Å². The van der Waals surface area contributed by atoms with Crippen molar-refractivity contribution in [2.45, 2.75) is 26.6 Å². The number of cyclic esters (lactones) is 2. The molecule has 0 radical (unpaired) electrons. The van der Waals surface area contributed by atoms with Gasteiger partial charge in [0.15, 0.2) is 5.57 Å². The number of aryl methyl sites for hydroxylation is 1. The second-order valence-electron chi connectivity index (χ2n) is 5.02. The van der Waals surface area contributed by atoms with Crippen LogP contribution in [0.15, 0.2) is 30.0 Å². The fraction of sp³-hybridized carbons (Fsp3) is 0.267. The normalized spacial score (nSPS) is 16.6. The van der Waals surface area contributed by atoms with Gasteiger partial charge >= 0.3 is 11.9 Å². The van der Waals surface area contributed by atoms with Gasteiger partial charge in [-0.15, -0.1) is 0 Å². The predicted molar refractivity (Wildman–Crippen MR) is 73.9 cm³/mol. The molecule has 108 valence electrons. The lowest BCUT2D eigenvalue weighted by atomic mass is 10.1. The number of rotatable bonds is 2. The third-order valence-corrected chi connectivity index (χ3v) is 2.86. The molecule has 1 aliphatic heterocycles. The van der Waals surface area contributed by atoms with E-state index in [4.69, 9.17) is 14.7 Å². The molecule has 2 rings (SSSR count). The van der Waals surface area contributed by atoms with Gasteiger partial charge in [0.05, 0.1) is 11.6 Å². The summed E-state index contributed by atoms with van der Waals surface area (Å²) >= 11 is 0. The first-order valence-electron chi connectivity index (χ1n) is 6.26. The number of hydrogen-bond acceptors (Lipinski definition) is 6. The van der Waals surface area contributed by atoms with Crippen molar-refractivity contribution < 1.29 is 19.1 Å². The third kappa shape index (κ3) is 3.20. The van der Waals surface area contributed by atoms with Crippen molar-refractivity contribution in [2.75, 3.05) is 5.32 Å². The molecule has 0 atom stereocenters. The molecule has 1 aromatic carbocycles. The van der Waals surface area contributed by atoms with E-state index in [9.17, 15) is 9.59 Å². The van der Waals surface area contributed by atoms with Gasteiger partial charge in [-0.05, 0) is 24.6 Å². The molecule has 0 amide bonds. The summed E-state index contributed by atoms with van der Waals surface area (Å²) in [6.45, 7) is 4.80. The number of carbonyl (C=O) groups is 2. The SMILES string of the molecule is Cc1ccc(C#N)cc1NC=C1C(=O)OC(C)(C)OC1=O. The van der Waals surface area contributed by atoms with E-state index in [1.807, 2.05) is 13.0 Å². The Morgan fingerprint density at radius 1 is 1.24 bits per heavy atom. The van der Waals surface area contributed by atoms with Gasteiger partial charge < -0.3 is 14.8 Å². The standard InChI is InChI=1S/C15H14N2O4/c1-9-4-5-10(7-16)6-12(9)17-8-11-13(18)20-15(2,3)21-14(11)19/h4-6,8,17H,1-3H3. The summed E-state index contributed by atoms with van der Waals surface area (Å²) in [5.41, 5.74) is 1.73. The molecule has 0 saturated carbocycles. The first-order valence-corrected chi connectivity index (χ1v) is 6.26. The van der Waals surface area contributed by atoms with Crippen LogP contribution in [-0.2, 0) is 19.1 Å². The largest absolute Gasteiger partial charge is 0.419 e. The number of nitriles is 1. The number of nitrogens with zero attached hydrogens (tertiary/aromatic N) is 1. The Bertz CT molecular complexity index is 661. The summed E-state index contributed by atoms with van der Waals surface area (Å²) in [6.07, 6.45) is 1.23. The average Bonchev–Trinajstić information content (AvgIpc) is 2.38. The molecule has 1 aromatic rings. The lowest BCUT2D eigenvalue weighted by Gasteiger charge is -2.29. The molecule has 1 heterocycles. The molecule has 0 spiro atoms. The monoisotopic (exact) mass is 286 g/mol. The number of carbonyl (C=O) groups excluding carboxylic acids is 2. The number of benzene rings is 1. The summed E-state index contributed by atoms with van der Waals surface area (Å²) in [4.78, 5) is 23.5. The minimum absolute atomic E-state index is 0.226. The van der Waals surface area contributed by atoms with E-state index < -0.39 is 17.7 Å². The van der Waals surface area contributed by atoms with Crippen molar-refractivity contribution >= 4 is 17.6 Å². The minimum Gasteiger partial charge on any atom is -0.419 e. The number of nitrogens with one attached hydrogen (secondary N) is 1. The van der Waals surface area contributed by atoms with Gasteiger partial charge in [0.1, 0.15) is 0 Å². The first-order chi connectivity index (χ1) is 9.82. The van der Waals surface area contributed by atoms with E-state index in [0.717, 1.165) is 5.56 Å². The second-order valence-corrected chi connectivity index (χ2v) is 5.02. The molecule has 0 aromatic heterocycles. The molecule has 6 heteroatoms. The molecular formula is C15H14N2O4. The molecule has 6 nitrogen and oxygen atoms in total. The maximum absolute atomic E-state index is 11.8. The zero-order valence-electron chi connectivity index (χ0n) is 11.9. The number of anilines is 1. The molecule has 0 bridgehead atoms.